The van der Waals surface area contributed by atoms with E-state index in [0.29, 0.717) is 18.9 Å². The molecule has 2 N–H and O–H groups in total. The second kappa shape index (κ2) is 6.88. The van der Waals surface area contributed by atoms with Crippen molar-refractivity contribution in [1.29, 1.82) is 0 Å². The van der Waals surface area contributed by atoms with Crippen LogP contribution in [0.3, 0.4) is 0 Å². The summed E-state index contributed by atoms with van der Waals surface area (Å²) in [7, 11) is 0. The van der Waals surface area contributed by atoms with Gasteiger partial charge in [-0.1, -0.05) is 31.2 Å². The number of carbonyl (C=O) groups is 1. The average molecular weight is 364 g/mol. The molecule has 0 unspecified atom stereocenters. The minimum atomic E-state index is 0.0340. The zero-order chi connectivity index (χ0) is 18.1. The van der Waals surface area contributed by atoms with Gasteiger partial charge >= 0.3 is 0 Å². The standard InChI is InChI=1S/C20H20N4OS/c1-2-13-3-5-14(6-4-13)7-8-17(25)24-10-9-15-16(11-24)26-20-18(15)19(21)22-12-23-20/h3-8,12H,2,9-11H2,1H3,(H2,21,22,23)/b8-7+. The molecular formula is C20H20N4OS. The molecule has 0 fully saturated rings. The van der Waals surface area contributed by atoms with Crippen LogP contribution in [0.15, 0.2) is 36.7 Å². The van der Waals surface area contributed by atoms with Gasteiger partial charge in [-0.25, -0.2) is 9.97 Å². The van der Waals surface area contributed by atoms with Crippen molar-refractivity contribution in [2.75, 3.05) is 12.3 Å². The number of anilines is 1. The number of carbonyl (C=O) groups excluding carboxylic acids is 1. The molecule has 1 aliphatic heterocycles. The third kappa shape index (κ3) is 3.08. The maximum Gasteiger partial charge on any atom is 0.246 e. The van der Waals surface area contributed by atoms with Crippen molar-refractivity contribution in [2.45, 2.75) is 26.3 Å². The quantitative estimate of drug-likeness (QED) is 0.723. The minimum Gasteiger partial charge on any atom is -0.383 e. The molecule has 3 aromatic rings. The summed E-state index contributed by atoms with van der Waals surface area (Å²) >= 11 is 1.60. The molecule has 0 atom stereocenters. The number of nitrogens with two attached hydrogens (primary N) is 1. The first-order valence-electron chi connectivity index (χ1n) is 8.72. The fraction of sp³-hybridized carbons (Fsp3) is 0.250. The van der Waals surface area contributed by atoms with E-state index in [1.807, 2.05) is 23.1 Å². The highest BCUT2D eigenvalue weighted by molar-refractivity contribution is 7.19. The summed E-state index contributed by atoms with van der Waals surface area (Å²) in [4.78, 5) is 24.9. The van der Waals surface area contributed by atoms with Gasteiger partial charge in [-0.05, 0) is 35.6 Å². The van der Waals surface area contributed by atoms with E-state index in [1.54, 1.807) is 17.4 Å². The van der Waals surface area contributed by atoms with Crippen molar-refractivity contribution in [3.63, 3.8) is 0 Å². The normalized spacial score (nSPS) is 14.1. The van der Waals surface area contributed by atoms with Crippen molar-refractivity contribution in [3.8, 4) is 0 Å². The SMILES string of the molecule is CCc1ccc(/C=C/C(=O)N2CCc3c(sc4ncnc(N)c34)C2)cc1. The van der Waals surface area contributed by atoms with Crippen LogP contribution in [-0.2, 0) is 24.2 Å². The van der Waals surface area contributed by atoms with Gasteiger partial charge in [-0.15, -0.1) is 11.3 Å². The van der Waals surface area contributed by atoms with Gasteiger partial charge in [-0.2, -0.15) is 0 Å². The van der Waals surface area contributed by atoms with E-state index in [0.717, 1.165) is 33.5 Å². The molecule has 0 saturated carbocycles. The largest absolute Gasteiger partial charge is 0.383 e. The molecule has 1 amide bonds. The summed E-state index contributed by atoms with van der Waals surface area (Å²) in [5.41, 5.74) is 9.55. The summed E-state index contributed by atoms with van der Waals surface area (Å²) in [6.45, 7) is 3.42. The molecule has 0 aliphatic carbocycles. The van der Waals surface area contributed by atoms with E-state index >= 15 is 0 Å². The molecule has 1 aliphatic rings. The van der Waals surface area contributed by atoms with Crippen molar-refractivity contribution in [1.82, 2.24) is 14.9 Å². The van der Waals surface area contributed by atoms with Crippen LogP contribution in [0.25, 0.3) is 16.3 Å². The molecule has 0 radical (unpaired) electrons. The van der Waals surface area contributed by atoms with Gasteiger partial charge in [0.2, 0.25) is 5.91 Å². The van der Waals surface area contributed by atoms with E-state index in [4.69, 9.17) is 5.73 Å². The highest BCUT2D eigenvalue weighted by Crippen LogP contribution is 2.36. The Hall–Kier alpha value is -2.73. The van der Waals surface area contributed by atoms with Crippen LogP contribution in [0.2, 0.25) is 0 Å². The van der Waals surface area contributed by atoms with Crippen LogP contribution in [0.1, 0.15) is 28.5 Å². The lowest BCUT2D eigenvalue weighted by Gasteiger charge is -2.26. The number of nitrogen functional groups attached to an aromatic ring is 1. The van der Waals surface area contributed by atoms with E-state index < -0.39 is 0 Å². The summed E-state index contributed by atoms with van der Waals surface area (Å²) in [5.74, 6) is 0.564. The van der Waals surface area contributed by atoms with E-state index in [9.17, 15) is 4.79 Å². The Morgan fingerprint density at radius 3 is 2.88 bits per heavy atom. The molecule has 5 nitrogen and oxygen atoms in total. The molecule has 132 valence electrons. The first-order valence-corrected chi connectivity index (χ1v) is 9.54. The molecule has 3 heterocycles. The van der Waals surface area contributed by atoms with Crippen LogP contribution in [0.5, 0.6) is 0 Å². The molecule has 6 heteroatoms. The van der Waals surface area contributed by atoms with Crippen LogP contribution in [0, 0.1) is 0 Å². The zero-order valence-electron chi connectivity index (χ0n) is 14.6. The molecule has 0 saturated heterocycles. The molecule has 2 aromatic heterocycles. The number of hydrogen-bond acceptors (Lipinski definition) is 5. The van der Waals surface area contributed by atoms with Gasteiger partial charge in [-0.3, -0.25) is 4.79 Å². The minimum absolute atomic E-state index is 0.0340. The summed E-state index contributed by atoms with van der Waals surface area (Å²) in [6.07, 6.45) is 6.84. The van der Waals surface area contributed by atoms with Crippen molar-refractivity contribution < 1.29 is 4.79 Å². The summed E-state index contributed by atoms with van der Waals surface area (Å²) < 4.78 is 0. The Bertz CT molecular complexity index is 991. The molecule has 1 aromatic carbocycles. The van der Waals surface area contributed by atoms with Gasteiger partial charge in [0.15, 0.2) is 0 Å². The number of aryl methyl sites for hydroxylation is 1. The van der Waals surface area contributed by atoms with Crippen molar-refractivity contribution in [3.05, 3.63) is 58.2 Å². The first-order chi connectivity index (χ1) is 12.7. The van der Waals surface area contributed by atoms with Gasteiger partial charge < -0.3 is 10.6 Å². The number of nitrogens with zero attached hydrogens (tertiary/aromatic N) is 3. The Labute approximate surface area is 156 Å². The molecular weight excluding hydrogens is 344 g/mol. The lowest BCUT2D eigenvalue weighted by Crippen LogP contribution is -2.34. The van der Waals surface area contributed by atoms with Gasteiger partial charge in [0.1, 0.15) is 17.0 Å². The fourth-order valence-electron chi connectivity index (χ4n) is 3.28. The number of amides is 1. The Morgan fingerprint density at radius 1 is 1.31 bits per heavy atom. The van der Waals surface area contributed by atoms with Crippen molar-refractivity contribution >= 4 is 39.4 Å². The smallest absolute Gasteiger partial charge is 0.246 e. The van der Waals surface area contributed by atoms with Crippen molar-refractivity contribution in [2.24, 2.45) is 0 Å². The zero-order valence-corrected chi connectivity index (χ0v) is 15.4. The number of rotatable bonds is 3. The molecule has 4 rings (SSSR count). The van der Waals surface area contributed by atoms with Crippen LogP contribution in [-0.4, -0.2) is 27.3 Å². The summed E-state index contributed by atoms with van der Waals surface area (Å²) in [5, 5.41) is 0.964. The third-order valence-electron chi connectivity index (χ3n) is 4.78. The van der Waals surface area contributed by atoms with Crippen LogP contribution in [0.4, 0.5) is 5.82 Å². The van der Waals surface area contributed by atoms with E-state index in [1.165, 1.54) is 17.5 Å². The van der Waals surface area contributed by atoms with Gasteiger partial charge in [0, 0.05) is 17.5 Å². The summed E-state index contributed by atoms with van der Waals surface area (Å²) in [6, 6.07) is 8.29. The fourth-order valence-corrected chi connectivity index (χ4v) is 4.49. The molecule has 26 heavy (non-hydrogen) atoms. The lowest BCUT2D eigenvalue weighted by molar-refractivity contribution is -0.126. The Balaban J connectivity index is 1.51. The first kappa shape index (κ1) is 16.7. The average Bonchev–Trinajstić information content (AvgIpc) is 3.05. The van der Waals surface area contributed by atoms with E-state index in [2.05, 4.69) is 29.0 Å². The monoisotopic (exact) mass is 364 g/mol. The second-order valence-corrected chi connectivity index (χ2v) is 7.46. The predicted molar refractivity (Wildman–Crippen MR) is 106 cm³/mol. The third-order valence-corrected chi connectivity index (χ3v) is 5.91. The van der Waals surface area contributed by atoms with Crippen LogP contribution < -0.4 is 5.73 Å². The number of thiophene rings is 1. The van der Waals surface area contributed by atoms with E-state index in [-0.39, 0.29) is 5.91 Å². The lowest BCUT2D eigenvalue weighted by atomic mass is 10.0. The predicted octanol–water partition coefficient (Wildman–Crippen LogP) is 3.43. The maximum absolute atomic E-state index is 12.6. The molecule has 0 spiro atoms. The molecule has 0 bridgehead atoms. The second-order valence-electron chi connectivity index (χ2n) is 6.38. The van der Waals surface area contributed by atoms with Gasteiger partial charge in [0.05, 0.1) is 11.9 Å². The number of fused-ring (bicyclic) bond motifs is 3. The topological polar surface area (TPSA) is 72.1 Å². The van der Waals surface area contributed by atoms with Gasteiger partial charge in [0.25, 0.3) is 0 Å². The maximum atomic E-state index is 12.6. The highest BCUT2D eigenvalue weighted by Gasteiger charge is 2.24. The number of hydrogen-bond donors (Lipinski definition) is 1. The van der Waals surface area contributed by atoms with Crippen LogP contribution >= 0.6 is 11.3 Å². The number of aromatic nitrogens is 2. The Kier molecular flexibility index (Phi) is 4.42. The Morgan fingerprint density at radius 2 is 2.12 bits per heavy atom. The number of benzene rings is 1. The highest BCUT2D eigenvalue weighted by atomic mass is 32.1.